The van der Waals surface area contributed by atoms with Crippen molar-refractivity contribution in [2.45, 2.75) is 0 Å². The number of carbonyl (C=O) groups excluding carboxylic acids is 1. The number of carbonyl (C=O) groups is 1. The zero-order valence-corrected chi connectivity index (χ0v) is 13.9. The molecule has 0 spiro atoms. The van der Waals surface area contributed by atoms with Gasteiger partial charge in [-0.3, -0.25) is 4.79 Å². The van der Waals surface area contributed by atoms with E-state index in [0.29, 0.717) is 13.1 Å². The molecule has 1 saturated heterocycles. The normalized spacial score (nSPS) is 14.8. The van der Waals surface area contributed by atoms with Gasteiger partial charge in [0.1, 0.15) is 5.82 Å². The summed E-state index contributed by atoms with van der Waals surface area (Å²) < 4.78 is 13.0. The van der Waals surface area contributed by atoms with Gasteiger partial charge in [0.05, 0.1) is 0 Å². The second-order valence-corrected chi connectivity index (χ2v) is 6.32. The van der Waals surface area contributed by atoms with Crippen molar-refractivity contribution < 1.29 is 9.18 Å². The maximum atomic E-state index is 13.0. The van der Waals surface area contributed by atoms with Crippen molar-refractivity contribution in [3.63, 3.8) is 0 Å². The van der Waals surface area contributed by atoms with Gasteiger partial charge in [0.25, 0.3) is 5.91 Å². The number of anilines is 1. The summed E-state index contributed by atoms with van der Waals surface area (Å²) in [5.74, 6) is -0.154. The number of piperazine rings is 1. The predicted octanol–water partition coefficient (Wildman–Crippen LogP) is 3.94. The molecule has 0 bridgehead atoms. The number of amides is 1. The molecule has 3 nitrogen and oxygen atoms in total. The highest BCUT2D eigenvalue weighted by Crippen LogP contribution is 2.20. The summed E-state index contributed by atoms with van der Waals surface area (Å²) in [7, 11) is 0. The standard InChI is InChI=1S/C21H19FN2O/c22-19-7-9-20(10-8-19)23-11-13-24(14-12-23)21(25)18-6-5-16-3-1-2-4-17(16)15-18/h1-10,15H,11-14H2. The van der Waals surface area contributed by atoms with E-state index in [1.54, 1.807) is 12.1 Å². The van der Waals surface area contributed by atoms with Crippen LogP contribution in [-0.4, -0.2) is 37.0 Å². The predicted molar refractivity (Wildman–Crippen MR) is 98.5 cm³/mol. The second-order valence-electron chi connectivity index (χ2n) is 6.32. The molecular weight excluding hydrogens is 315 g/mol. The lowest BCUT2D eigenvalue weighted by atomic mass is 10.1. The Morgan fingerprint density at radius 1 is 0.800 bits per heavy atom. The van der Waals surface area contributed by atoms with Crippen LogP contribution in [0.5, 0.6) is 0 Å². The fraction of sp³-hybridized carbons (Fsp3) is 0.190. The number of hydrogen-bond acceptors (Lipinski definition) is 2. The molecular formula is C21H19FN2O. The Labute approximate surface area is 146 Å². The quantitative estimate of drug-likeness (QED) is 0.709. The largest absolute Gasteiger partial charge is 0.368 e. The number of hydrogen-bond donors (Lipinski definition) is 0. The molecule has 0 saturated carbocycles. The first-order chi connectivity index (χ1) is 12.2. The summed E-state index contributed by atoms with van der Waals surface area (Å²) in [4.78, 5) is 16.9. The second kappa shape index (κ2) is 6.55. The summed E-state index contributed by atoms with van der Waals surface area (Å²) in [5, 5.41) is 2.22. The fourth-order valence-electron chi connectivity index (χ4n) is 3.32. The Bertz CT molecular complexity index is 899. The van der Waals surface area contributed by atoms with Gasteiger partial charge in [-0.2, -0.15) is 0 Å². The molecule has 1 fully saturated rings. The molecule has 0 unspecified atom stereocenters. The Morgan fingerprint density at radius 2 is 1.48 bits per heavy atom. The van der Waals surface area contributed by atoms with Crippen molar-refractivity contribution in [3.05, 3.63) is 78.1 Å². The fourth-order valence-corrected chi connectivity index (χ4v) is 3.32. The van der Waals surface area contributed by atoms with Crippen LogP contribution in [0.2, 0.25) is 0 Å². The van der Waals surface area contributed by atoms with Crippen molar-refractivity contribution in [1.82, 2.24) is 4.90 Å². The molecule has 1 aliphatic rings. The zero-order valence-electron chi connectivity index (χ0n) is 13.9. The summed E-state index contributed by atoms with van der Waals surface area (Å²) in [6.45, 7) is 2.85. The van der Waals surface area contributed by atoms with E-state index in [1.165, 1.54) is 12.1 Å². The van der Waals surface area contributed by atoms with Gasteiger partial charge in [-0.1, -0.05) is 30.3 Å². The first-order valence-electron chi connectivity index (χ1n) is 8.49. The van der Waals surface area contributed by atoms with Crippen LogP contribution in [0.1, 0.15) is 10.4 Å². The molecule has 4 heteroatoms. The molecule has 0 radical (unpaired) electrons. The highest BCUT2D eigenvalue weighted by Gasteiger charge is 2.22. The molecule has 1 amide bonds. The van der Waals surface area contributed by atoms with E-state index in [4.69, 9.17) is 0 Å². The Hall–Kier alpha value is -2.88. The third-order valence-corrected chi connectivity index (χ3v) is 4.76. The van der Waals surface area contributed by atoms with Gasteiger partial charge in [0.15, 0.2) is 0 Å². The number of fused-ring (bicyclic) bond motifs is 1. The zero-order chi connectivity index (χ0) is 17.2. The van der Waals surface area contributed by atoms with Gasteiger partial charge in [-0.25, -0.2) is 4.39 Å². The third kappa shape index (κ3) is 3.20. The Balaban J connectivity index is 1.46. The summed E-state index contributed by atoms with van der Waals surface area (Å²) in [5.41, 5.74) is 1.73. The maximum Gasteiger partial charge on any atom is 0.253 e. The monoisotopic (exact) mass is 334 g/mol. The van der Waals surface area contributed by atoms with Crippen LogP contribution in [0.25, 0.3) is 10.8 Å². The van der Waals surface area contributed by atoms with Crippen molar-refractivity contribution in [2.75, 3.05) is 31.1 Å². The number of rotatable bonds is 2. The van der Waals surface area contributed by atoms with Gasteiger partial charge in [-0.15, -0.1) is 0 Å². The van der Waals surface area contributed by atoms with E-state index >= 15 is 0 Å². The molecule has 0 atom stereocenters. The molecule has 25 heavy (non-hydrogen) atoms. The SMILES string of the molecule is O=C(c1ccc2ccccc2c1)N1CCN(c2ccc(F)cc2)CC1. The average molecular weight is 334 g/mol. The van der Waals surface area contributed by atoms with Gasteiger partial charge >= 0.3 is 0 Å². The van der Waals surface area contributed by atoms with Crippen LogP contribution < -0.4 is 4.90 Å². The van der Waals surface area contributed by atoms with Crippen LogP contribution in [0.4, 0.5) is 10.1 Å². The molecule has 3 aromatic rings. The molecule has 0 aliphatic carbocycles. The van der Waals surface area contributed by atoms with Crippen LogP contribution in [0.15, 0.2) is 66.7 Å². The van der Waals surface area contributed by atoms with Gasteiger partial charge < -0.3 is 9.80 Å². The first-order valence-corrected chi connectivity index (χ1v) is 8.49. The third-order valence-electron chi connectivity index (χ3n) is 4.76. The highest BCUT2D eigenvalue weighted by molar-refractivity contribution is 5.98. The van der Waals surface area contributed by atoms with E-state index in [-0.39, 0.29) is 11.7 Å². The minimum Gasteiger partial charge on any atom is -0.368 e. The number of benzene rings is 3. The first kappa shape index (κ1) is 15.6. The number of halogens is 1. The van der Waals surface area contributed by atoms with Crippen molar-refractivity contribution in [3.8, 4) is 0 Å². The molecule has 1 aliphatic heterocycles. The minimum atomic E-state index is -0.228. The van der Waals surface area contributed by atoms with E-state index in [9.17, 15) is 9.18 Å². The summed E-state index contributed by atoms with van der Waals surface area (Å²) in [6.07, 6.45) is 0. The van der Waals surface area contributed by atoms with Gasteiger partial charge in [0.2, 0.25) is 0 Å². The van der Waals surface area contributed by atoms with Crippen molar-refractivity contribution in [1.29, 1.82) is 0 Å². The van der Waals surface area contributed by atoms with Crippen LogP contribution in [0, 0.1) is 5.82 Å². The topological polar surface area (TPSA) is 23.6 Å². The summed E-state index contributed by atoms with van der Waals surface area (Å²) in [6, 6.07) is 20.4. The number of nitrogens with zero attached hydrogens (tertiary/aromatic N) is 2. The molecule has 1 heterocycles. The van der Waals surface area contributed by atoms with E-state index in [0.717, 1.165) is 35.1 Å². The van der Waals surface area contributed by atoms with Gasteiger partial charge in [0, 0.05) is 37.4 Å². The lowest BCUT2D eigenvalue weighted by Crippen LogP contribution is -2.48. The van der Waals surface area contributed by atoms with Crippen LogP contribution in [0.3, 0.4) is 0 Å². The lowest BCUT2D eigenvalue weighted by Gasteiger charge is -2.36. The van der Waals surface area contributed by atoms with Gasteiger partial charge in [-0.05, 0) is 47.2 Å². The molecule has 0 N–H and O–H groups in total. The lowest BCUT2D eigenvalue weighted by molar-refractivity contribution is 0.0747. The van der Waals surface area contributed by atoms with Crippen LogP contribution >= 0.6 is 0 Å². The Morgan fingerprint density at radius 3 is 2.20 bits per heavy atom. The van der Waals surface area contributed by atoms with Crippen LogP contribution in [-0.2, 0) is 0 Å². The molecule has 0 aromatic heterocycles. The van der Waals surface area contributed by atoms with Crippen molar-refractivity contribution in [2.24, 2.45) is 0 Å². The summed E-state index contributed by atoms with van der Waals surface area (Å²) >= 11 is 0. The van der Waals surface area contributed by atoms with Crippen molar-refractivity contribution >= 4 is 22.4 Å². The minimum absolute atomic E-state index is 0.0736. The average Bonchev–Trinajstić information content (AvgIpc) is 2.68. The smallest absolute Gasteiger partial charge is 0.253 e. The molecule has 126 valence electrons. The molecule has 4 rings (SSSR count). The Kier molecular flexibility index (Phi) is 4.10. The van der Waals surface area contributed by atoms with E-state index in [1.807, 2.05) is 47.4 Å². The maximum absolute atomic E-state index is 13.0. The highest BCUT2D eigenvalue weighted by atomic mass is 19.1. The molecule has 3 aromatic carbocycles. The van der Waals surface area contributed by atoms with E-state index in [2.05, 4.69) is 4.90 Å². The van der Waals surface area contributed by atoms with E-state index < -0.39 is 0 Å².